The van der Waals surface area contributed by atoms with E-state index in [1.165, 1.54) is 37.5 Å². The zero-order chi connectivity index (χ0) is 23.3. The highest BCUT2D eigenvalue weighted by atomic mass is 35.5. The number of amides is 1. The SMILES string of the molecule is CC(=O)c1ccc(S(=O)(=O)N(CC(=O)NCc2ccc(Cl)cc2Cl)Cc2ccco2)cc1. The summed E-state index contributed by atoms with van der Waals surface area (Å²) in [5.41, 5.74) is 1.03. The molecule has 7 nitrogen and oxygen atoms in total. The van der Waals surface area contributed by atoms with E-state index in [0.29, 0.717) is 26.9 Å². The molecule has 10 heteroatoms. The van der Waals surface area contributed by atoms with Crippen molar-refractivity contribution in [2.75, 3.05) is 6.54 Å². The van der Waals surface area contributed by atoms with Gasteiger partial charge in [0.1, 0.15) is 5.76 Å². The van der Waals surface area contributed by atoms with Crippen molar-refractivity contribution >= 4 is 44.9 Å². The molecule has 0 spiro atoms. The number of Topliss-reactive ketones (excluding diaryl/α,β-unsaturated/α-hetero) is 1. The molecule has 0 saturated heterocycles. The lowest BCUT2D eigenvalue weighted by Crippen LogP contribution is -2.40. The molecule has 168 valence electrons. The second-order valence-electron chi connectivity index (χ2n) is 6.95. The fourth-order valence-electron chi connectivity index (χ4n) is 2.89. The van der Waals surface area contributed by atoms with Crippen LogP contribution >= 0.6 is 23.2 Å². The van der Waals surface area contributed by atoms with Gasteiger partial charge in [0.15, 0.2) is 5.78 Å². The van der Waals surface area contributed by atoms with E-state index in [-0.39, 0.29) is 23.8 Å². The minimum absolute atomic E-state index is 0.0393. The van der Waals surface area contributed by atoms with E-state index in [0.717, 1.165) is 4.31 Å². The zero-order valence-corrected chi connectivity index (χ0v) is 19.4. The van der Waals surface area contributed by atoms with Crippen LogP contribution in [0.5, 0.6) is 0 Å². The van der Waals surface area contributed by atoms with E-state index < -0.39 is 22.5 Å². The Kier molecular flexibility index (Phi) is 7.73. The van der Waals surface area contributed by atoms with Crippen LogP contribution in [-0.4, -0.2) is 31.0 Å². The number of nitrogens with one attached hydrogen (secondary N) is 1. The van der Waals surface area contributed by atoms with Crippen molar-refractivity contribution < 1.29 is 22.4 Å². The Morgan fingerprint density at radius 2 is 1.78 bits per heavy atom. The van der Waals surface area contributed by atoms with E-state index >= 15 is 0 Å². The summed E-state index contributed by atoms with van der Waals surface area (Å²) in [5, 5.41) is 3.53. The molecule has 0 radical (unpaired) electrons. The fourth-order valence-corrected chi connectivity index (χ4v) is 4.73. The number of sulfonamides is 1. The van der Waals surface area contributed by atoms with Gasteiger partial charge in [-0.15, -0.1) is 0 Å². The maximum absolute atomic E-state index is 13.2. The van der Waals surface area contributed by atoms with Crippen molar-refractivity contribution in [1.82, 2.24) is 9.62 Å². The molecule has 0 aliphatic carbocycles. The summed E-state index contributed by atoms with van der Waals surface area (Å²) in [6, 6.07) is 13.7. The van der Waals surface area contributed by atoms with Gasteiger partial charge in [-0.3, -0.25) is 9.59 Å². The molecule has 0 unspecified atom stereocenters. The van der Waals surface area contributed by atoms with Crippen LogP contribution in [0.15, 0.2) is 70.2 Å². The van der Waals surface area contributed by atoms with Crippen LogP contribution in [0.3, 0.4) is 0 Å². The molecule has 0 atom stereocenters. The number of carbonyl (C=O) groups excluding carboxylic acids is 2. The second-order valence-corrected chi connectivity index (χ2v) is 9.73. The summed E-state index contributed by atoms with van der Waals surface area (Å²) < 4.78 is 32.7. The van der Waals surface area contributed by atoms with Gasteiger partial charge in [-0.25, -0.2) is 8.42 Å². The smallest absolute Gasteiger partial charge is 0.243 e. The average Bonchev–Trinajstić information content (AvgIpc) is 3.26. The highest BCUT2D eigenvalue weighted by molar-refractivity contribution is 7.89. The van der Waals surface area contributed by atoms with Crippen molar-refractivity contribution in [2.24, 2.45) is 0 Å². The summed E-state index contributed by atoms with van der Waals surface area (Å²) >= 11 is 12.0. The molecule has 1 amide bonds. The number of carbonyl (C=O) groups is 2. The third-order valence-corrected chi connectivity index (χ3v) is 7.01. The van der Waals surface area contributed by atoms with Gasteiger partial charge >= 0.3 is 0 Å². The first-order valence-corrected chi connectivity index (χ1v) is 11.7. The Morgan fingerprint density at radius 1 is 1.06 bits per heavy atom. The lowest BCUT2D eigenvalue weighted by atomic mass is 10.2. The fraction of sp³-hybridized carbons (Fsp3) is 0.182. The van der Waals surface area contributed by atoms with Gasteiger partial charge in [-0.1, -0.05) is 41.4 Å². The number of furan rings is 1. The van der Waals surface area contributed by atoms with Gasteiger partial charge in [0, 0.05) is 22.2 Å². The predicted molar refractivity (Wildman–Crippen MR) is 121 cm³/mol. The quantitative estimate of drug-likeness (QED) is 0.447. The number of benzene rings is 2. The van der Waals surface area contributed by atoms with Gasteiger partial charge in [0.2, 0.25) is 15.9 Å². The van der Waals surface area contributed by atoms with E-state index in [1.54, 1.807) is 30.3 Å². The Balaban J connectivity index is 1.78. The van der Waals surface area contributed by atoms with Crippen LogP contribution in [0.1, 0.15) is 28.6 Å². The first-order chi connectivity index (χ1) is 15.2. The van der Waals surface area contributed by atoms with Crippen molar-refractivity contribution in [1.29, 1.82) is 0 Å². The Morgan fingerprint density at radius 3 is 2.38 bits per heavy atom. The van der Waals surface area contributed by atoms with E-state index in [1.807, 2.05) is 0 Å². The summed E-state index contributed by atoms with van der Waals surface area (Å²) in [7, 11) is -4.05. The minimum Gasteiger partial charge on any atom is -0.468 e. The highest BCUT2D eigenvalue weighted by Gasteiger charge is 2.28. The number of nitrogens with zero attached hydrogens (tertiary/aromatic N) is 1. The standard InChI is InChI=1S/C22H20Cl2N2O5S/c1-15(27)16-5-8-20(9-6-16)32(29,30)26(13-19-3-2-10-31-19)14-22(28)25-12-17-4-7-18(23)11-21(17)24/h2-11H,12-14H2,1H3,(H,25,28). The first-order valence-electron chi connectivity index (χ1n) is 9.51. The van der Waals surface area contributed by atoms with Crippen molar-refractivity contribution in [3.05, 3.63) is 87.8 Å². The molecule has 0 saturated carbocycles. The van der Waals surface area contributed by atoms with Gasteiger partial charge in [-0.2, -0.15) is 4.31 Å². The Labute approximate surface area is 196 Å². The molecule has 32 heavy (non-hydrogen) atoms. The van der Waals surface area contributed by atoms with Crippen molar-refractivity contribution in [3.63, 3.8) is 0 Å². The zero-order valence-electron chi connectivity index (χ0n) is 17.0. The normalized spacial score (nSPS) is 11.5. The van der Waals surface area contributed by atoms with Crippen LogP contribution in [-0.2, 0) is 27.9 Å². The summed E-state index contributed by atoms with van der Waals surface area (Å²) in [6.45, 7) is 0.919. The van der Waals surface area contributed by atoms with Gasteiger partial charge in [0.05, 0.1) is 24.2 Å². The molecular formula is C22H20Cl2N2O5S. The number of hydrogen-bond donors (Lipinski definition) is 1. The Hall–Kier alpha value is -2.65. The lowest BCUT2D eigenvalue weighted by Gasteiger charge is -2.21. The van der Waals surface area contributed by atoms with Gasteiger partial charge in [-0.05, 0) is 48.9 Å². The average molecular weight is 495 g/mol. The molecule has 0 bridgehead atoms. The highest BCUT2D eigenvalue weighted by Crippen LogP contribution is 2.22. The lowest BCUT2D eigenvalue weighted by molar-refractivity contribution is -0.121. The van der Waals surface area contributed by atoms with Crippen molar-refractivity contribution in [3.8, 4) is 0 Å². The first kappa shape index (κ1) is 24.0. The molecule has 0 fully saturated rings. The number of rotatable bonds is 9. The topological polar surface area (TPSA) is 96.7 Å². The predicted octanol–water partition coefficient (Wildman–Crippen LogP) is 4.30. The Bertz CT molecular complexity index is 1210. The van der Waals surface area contributed by atoms with Crippen LogP contribution in [0.4, 0.5) is 0 Å². The maximum atomic E-state index is 13.2. The molecule has 1 heterocycles. The number of hydrogen-bond acceptors (Lipinski definition) is 5. The minimum atomic E-state index is -4.05. The van der Waals surface area contributed by atoms with Crippen LogP contribution in [0, 0.1) is 0 Å². The van der Waals surface area contributed by atoms with Crippen LogP contribution in [0.25, 0.3) is 0 Å². The molecule has 0 aliphatic rings. The molecular weight excluding hydrogens is 475 g/mol. The van der Waals surface area contributed by atoms with Gasteiger partial charge in [0.25, 0.3) is 0 Å². The third kappa shape index (κ3) is 5.98. The van der Waals surface area contributed by atoms with E-state index in [4.69, 9.17) is 27.6 Å². The van der Waals surface area contributed by atoms with E-state index in [9.17, 15) is 18.0 Å². The van der Waals surface area contributed by atoms with Gasteiger partial charge < -0.3 is 9.73 Å². The molecule has 3 aromatic rings. The summed E-state index contributed by atoms with van der Waals surface area (Å²) in [5.74, 6) is -0.324. The largest absolute Gasteiger partial charge is 0.468 e. The van der Waals surface area contributed by atoms with Crippen LogP contribution in [0.2, 0.25) is 10.0 Å². The molecule has 0 aliphatic heterocycles. The molecule has 1 N–H and O–H groups in total. The van der Waals surface area contributed by atoms with E-state index in [2.05, 4.69) is 5.32 Å². The third-order valence-electron chi connectivity index (χ3n) is 4.62. The second kappa shape index (κ2) is 10.3. The molecule has 3 rings (SSSR count). The van der Waals surface area contributed by atoms with Crippen molar-refractivity contribution in [2.45, 2.75) is 24.9 Å². The number of halogens is 2. The monoisotopic (exact) mass is 494 g/mol. The van der Waals surface area contributed by atoms with Crippen LogP contribution < -0.4 is 5.32 Å². The molecule has 1 aromatic heterocycles. The summed E-state index contributed by atoms with van der Waals surface area (Å²) in [4.78, 5) is 24.0. The summed E-state index contributed by atoms with van der Waals surface area (Å²) in [6.07, 6.45) is 1.42. The maximum Gasteiger partial charge on any atom is 0.243 e. The number of ketones is 1. The molecule has 2 aromatic carbocycles.